The van der Waals surface area contributed by atoms with Gasteiger partial charge in [0.15, 0.2) is 11.5 Å². The number of nitro benzene ring substituents is 1. The van der Waals surface area contributed by atoms with E-state index >= 15 is 0 Å². The number of carbonyl (C=O) groups is 1. The van der Waals surface area contributed by atoms with Crippen molar-refractivity contribution in [3.8, 4) is 17.5 Å². The summed E-state index contributed by atoms with van der Waals surface area (Å²) in [6, 6.07) is 3.67. The van der Waals surface area contributed by atoms with Crippen molar-refractivity contribution >= 4 is 11.7 Å². The van der Waals surface area contributed by atoms with Crippen LogP contribution in [0, 0.1) is 10.1 Å². The summed E-state index contributed by atoms with van der Waals surface area (Å²) in [6.45, 7) is 0. The first-order valence-electron chi connectivity index (χ1n) is 5.57. The summed E-state index contributed by atoms with van der Waals surface area (Å²) in [7, 11) is 1.33. The van der Waals surface area contributed by atoms with Crippen LogP contribution in [0.1, 0.15) is 10.4 Å². The molecule has 21 heavy (non-hydrogen) atoms. The lowest BCUT2D eigenvalue weighted by atomic mass is 10.3. The molecule has 1 heterocycles. The minimum absolute atomic E-state index is 0.0852. The Kier molecular flexibility index (Phi) is 3.93. The van der Waals surface area contributed by atoms with Gasteiger partial charge < -0.3 is 14.6 Å². The molecule has 1 N–H and O–H groups in total. The largest absolute Gasteiger partial charge is 0.493 e. The molecule has 0 aliphatic heterocycles. The van der Waals surface area contributed by atoms with Crippen molar-refractivity contribution in [1.82, 2.24) is 9.97 Å². The molecule has 0 unspecified atom stereocenters. The van der Waals surface area contributed by atoms with Gasteiger partial charge in [0.05, 0.1) is 23.7 Å². The molecule has 0 saturated heterocycles. The second-order valence-corrected chi connectivity index (χ2v) is 3.75. The molecule has 1 aromatic heterocycles. The Bertz CT molecular complexity index is 686. The maximum absolute atomic E-state index is 10.7. The highest BCUT2D eigenvalue weighted by Crippen LogP contribution is 2.33. The SMILES string of the molecule is COc1cc([N+](=O)[O-])ccc1Oc1ncc(C(=O)O)cn1. The maximum Gasteiger partial charge on any atom is 0.338 e. The molecular formula is C12H9N3O6. The first kappa shape index (κ1) is 14.2. The van der Waals surface area contributed by atoms with Gasteiger partial charge in [-0.25, -0.2) is 14.8 Å². The first-order chi connectivity index (χ1) is 10.0. The molecule has 108 valence electrons. The number of non-ortho nitro benzene ring substituents is 1. The smallest absolute Gasteiger partial charge is 0.338 e. The highest BCUT2D eigenvalue weighted by Gasteiger charge is 2.14. The molecule has 0 spiro atoms. The van der Waals surface area contributed by atoms with Gasteiger partial charge in [-0.3, -0.25) is 10.1 Å². The molecule has 1 aromatic carbocycles. The number of methoxy groups -OCH3 is 1. The number of hydrogen-bond donors (Lipinski definition) is 1. The van der Waals surface area contributed by atoms with Gasteiger partial charge in [0.2, 0.25) is 0 Å². The third kappa shape index (κ3) is 3.21. The van der Waals surface area contributed by atoms with Crippen LogP contribution in [-0.4, -0.2) is 33.1 Å². The summed E-state index contributed by atoms with van der Waals surface area (Å²) >= 11 is 0. The van der Waals surface area contributed by atoms with E-state index in [4.69, 9.17) is 14.6 Å². The van der Waals surface area contributed by atoms with Crippen LogP contribution in [-0.2, 0) is 0 Å². The van der Waals surface area contributed by atoms with E-state index in [0.29, 0.717) is 0 Å². The van der Waals surface area contributed by atoms with E-state index in [-0.39, 0.29) is 28.8 Å². The third-order valence-electron chi connectivity index (χ3n) is 2.43. The number of aromatic nitrogens is 2. The van der Waals surface area contributed by atoms with Crippen LogP contribution in [0.5, 0.6) is 17.5 Å². The normalized spacial score (nSPS) is 9.95. The number of ether oxygens (including phenoxy) is 2. The van der Waals surface area contributed by atoms with E-state index in [9.17, 15) is 14.9 Å². The van der Waals surface area contributed by atoms with Crippen molar-refractivity contribution in [3.05, 3.63) is 46.3 Å². The fourth-order valence-corrected chi connectivity index (χ4v) is 1.43. The molecule has 9 nitrogen and oxygen atoms in total. The first-order valence-corrected chi connectivity index (χ1v) is 5.57. The zero-order valence-electron chi connectivity index (χ0n) is 10.7. The molecule has 2 rings (SSSR count). The minimum Gasteiger partial charge on any atom is -0.493 e. The average molecular weight is 291 g/mol. The predicted octanol–water partition coefficient (Wildman–Crippen LogP) is 1.88. The number of hydrogen-bond acceptors (Lipinski definition) is 7. The Morgan fingerprint density at radius 1 is 1.29 bits per heavy atom. The second-order valence-electron chi connectivity index (χ2n) is 3.75. The lowest BCUT2D eigenvalue weighted by molar-refractivity contribution is -0.384. The van der Waals surface area contributed by atoms with Crippen LogP contribution >= 0.6 is 0 Å². The van der Waals surface area contributed by atoms with Gasteiger partial charge in [0, 0.05) is 18.5 Å². The number of carboxylic acids is 1. The van der Waals surface area contributed by atoms with Crippen molar-refractivity contribution in [1.29, 1.82) is 0 Å². The Hall–Kier alpha value is -3.23. The van der Waals surface area contributed by atoms with Crippen LogP contribution in [0.4, 0.5) is 5.69 Å². The standard InChI is InChI=1S/C12H9N3O6/c1-20-10-4-8(15(18)19)2-3-9(10)21-12-13-5-7(6-14-12)11(16)17/h2-6H,1H3,(H,16,17). The quantitative estimate of drug-likeness (QED) is 0.653. The number of aromatic carboxylic acids is 1. The summed E-state index contributed by atoms with van der Waals surface area (Å²) in [5.41, 5.74) is -0.237. The summed E-state index contributed by atoms with van der Waals surface area (Å²) in [6.07, 6.45) is 2.17. The predicted molar refractivity (Wildman–Crippen MR) is 68.7 cm³/mol. The van der Waals surface area contributed by atoms with E-state index < -0.39 is 10.9 Å². The molecule has 2 aromatic rings. The molecule has 0 aliphatic carbocycles. The zero-order chi connectivity index (χ0) is 15.4. The summed E-state index contributed by atoms with van der Waals surface area (Å²) in [5.74, 6) is -0.851. The van der Waals surface area contributed by atoms with Gasteiger partial charge in [-0.15, -0.1) is 0 Å². The van der Waals surface area contributed by atoms with Crippen molar-refractivity contribution in [3.63, 3.8) is 0 Å². The Morgan fingerprint density at radius 3 is 2.48 bits per heavy atom. The number of carboxylic acid groups (broad SMARTS) is 1. The van der Waals surface area contributed by atoms with Gasteiger partial charge >= 0.3 is 12.0 Å². The molecule has 0 amide bonds. The highest BCUT2D eigenvalue weighted by molar-refractivity contribution is 5.86. The Balaban J connectivity index is 2.26. The van der Waals surface area contributed by atoms with E-state index in [1.165, 1.54) is 25.3 Å². The van der Waals surface area contributed by atoms with Crippen LogP contribution in [0.2, 0.25) is 0 Å². The van der Waals surface area contributed by atoms with E-state index in [1.807, 2.05) is 0 Å². The molecule has 0 fully saturated rings. The van der Waals surface area contributed by atoms with Crippen LogP contribution < -0.4 is 9.47 Å². The van der Waals surface area contributed by atoms with Crippen molar-refractivity contribution in [2.75, 3.05) is 7.11 Å². The summed E-state index contributed by atoms with van der Waals surface area (Å²) < 4.78 is 10.3. The van der Waals surface area contributed by atoms with E-state index in [0.717, 1.165) is 12.4 Å². The van der Waals surface area contributed by atoms with Crippen LogP contribution in [0.15, 0.2) is 30.6 Å². The number of nitro groups is 1. The van der Waals surface area contributed by atoms with E-state index in [1.54, 1.807) is 0 Å². The minimum atomic E-state index is -1.16. The fourth-order valence-electron chi connectivity index (χ4n) is 1.43. The fraction of sp³-hybridized carbons (Fsp3) is 0.0833. The van der Waals surface area contributed by atoms with Gasteiger partial charge in [-0.2, -0.15) is 0 Å². The van der Waals surface area contributed by atoms with Gasteiger partial charge in [-0.1, -0.05) is 0 Å². The molecule has 0 aliphatic rings. The molecule has 9 heteroatoms. The van der Waals surface area contributed by atoms with Crippen molar-refractivity contribution in [2.24, 2.45) is 0 Å². The summed E-state index contributed by atoms with van der Waals surface area (Å²) in [4.78, 5) is 28.2. The van der Waals surface area contributed by atoms with Gasteiger partial charge in [0.25, 0.3) is 5.69 Å². The van der Waals surface area contributed by atoms with Gasteiger partial charge in [-0.05, 0) is 6.07 Å². The number of rotatable bonds is 5. The Labute approximate surface area is 117 Å². The number of nitrogens with zero attached hydrogens (tertiary/aromatic N) is 3. The monoisotopic (exact) mass is 291 g/mol. The van der Waals surface area contributed by atoms with Crippen molar-refractivity contribution < 1.29 is 24.3 Å². The topological polar surface area (TPSA) is 125 Å². The third-order valence-corrected chi connectivity index (χ3v) is 2.43. The lowest BCUT2D eigenvalue weighted by Gasteiger charge is -2.08. The van der Waals surface area contributed by atoms with Crippen LogP contribution in [0.3, 0.4) is 0 Å². The molecule has 0 atom stereocenters. The molecular weight excluding hydrogens is 282 g/mol. The Morgan fingerprint density at radius 2 is 1.95 bits per heavy atom. The molecule has 0 radical (unpaired) electrons. The second kappa shape index (κ2) is 5.82. The summed E-state index contributed by atoms with van der Waals surface area (Å²) in [5, 5.41) is 19.4. The van der Waals surface area contributed by atoms with E-state index in [2.05, 4.69) is 9.97 Å². The zero-order valence-corrected chi connectivity index (χ0v) is 10.7. The van der Waals surface area contributed by atoms with Gasteiger partial charge in [0.1, 0.15) is 0 Å². The maximum atomic E-state index is 10.7. The van der Waals surface area contributed by atoms with Crippen molar-refractivity contribution in [2.45, 2.75) is 0 Å². The molecule has 0 saturated carbocycles. The van der Waals surface area contributed by atoms with Crippen LogP contribution in [0.25, 0.3) is 0 Å². The lowest BCUT2D eigenvalue weighted by Crippen LogP contribution is -2.00. The number of benzene rings is 1. The molecule has 0 bridgehead atoms. The highest BCUT2D eigenvalue weighted by atomic mass is 16.6. The average Bonchev–Trinajstić information content (AvgIpc) is 2.48.